The number of ether oxygens (including phenoxy) is 1. The summed E-state index contributed by atoms with van der Waals surface area (Å²) < 4.78 is 4.78. The first-order chi connectivity index (χ1) is 8.47. The van der Waals surface area contributed by atoms with Gasteiger partial charge in [0.2, 0.25) is 0 Å². The summed E-state index contributed by atoms with van der Waals surface area (Å²) in [6.07, 6.45) is 0.171. The standard InChI is InChI=1S/C14H21N2O2/c1-10(14(17)18-5)12-8-6-7-9-13(12)15-11(2)16(3)4/h6-7,9-11,15H,1-5H3. The number of nitrogens with one attached hydrogen (secondary N) is 1. The smallest absolute Gasteiger partial charge is 0.312 e. The Kier molecular flexibility index (Phi) is 5.16. The first-order valence-electron chi connectivity index (χ1n) is 5.98. The quantitative estimate of drug-likeness (QED) is 0.641. The van der Waals surface area contributed by atoms with E-state index >= 15 is 0 Å². The molecule has 0 aromatic heterocycles. The minimum atomic E-state index is -0.326. The SMILES string of the molecule is COC(=O)C(C)c1[c]cccc1NC(C)N(C)C. The van der Waals surface area contributed by atoms with Gasteiger partial charge in [0.1, 0.15) is 0 Å². The molecule has 0 spiro atoms. The number of carbonyl (C=O) groups is 1. The van der Waals surface area contributed by atoms with Crippen molar-refractivity contribution in [1.82, 2.24) is 4.90 Å². The van der Waals surface area contributed by atoms with Crippen LogP contribution in [0.2, 0.25) is 0 Å². The summed E-state index contributed by atoms with van der Waals surface area (Å²) in [5.41, 5.74) is 1.75. The van der Waals surface area contributed by atoms with Gasteiger partial charge in [0.25, 0.3) is 0 Å². The third-order valence-electron chi connectivity index (χ3n) is 3.01. The van der Waals surface area contributed by atoms with E-state index < -0.39 is 0 Å². The molecule has 0 fully saturated rings. The second-order valence-corrected chi connectivity index (χ2v) is 4.53. The molecule has 1 aromatic carbocycles. The average Bonchev–Trinajstić information content (AvgIpc) is 2.37. The summed E-state index contributed by atoms with van der Waals surface area (Å²) in [6, 6.07) is 8.77. The summed E-state index contributed by atoms with van der Waals surface area (Å²) in [7, 11) is 5.39. The van der Waals surface area contributed by atoms with Gasteiger partial charge >= 0.3 is 5.97 Å². The van der Waals surface area contributed by atoms with Gasteiger partial charge in [-0.15, -0.1) is 0 Å². The minimum Gasteiger partial charge on any atom is -0.469 e. The monoisotopic (exact) mass is 249 g/mol. The van der Waals surface area contributed by atoms with Crippen LogP contribution in [0.15, 0.2) is 18.2 Å². The normalized spacial score (nSPS) is 14.1. The Bertz CT molecular complexity index is 405. The van der Waals surface area contributed by atoms with Crippen LogP contribution in [0.4, 0.5) is 5.69 Å². The van der Waals surface area contributed by atoms with Crippen LogP contribution in [0.1, 0.15) is 25.3 Å². The largest absolute Gasteiger partial charge is 0.469 e. The lowest BCUT2D eigenvalue weighted by Crippen LogP contribution is -2.32. The Morgan fingerprint density at radius 1 is 1.44 bits per heavy atom. The van der Waals surface area contributed by atoms with E-state index in [1.165, 1.54) is 7.11 Å². The van der Waals surface area contributed by atoms with Gasteiger partial charge in [-0.25, -0.2) is 0 Å². The van der Waals surface area contributed by atoms with Gasteiger partial charge in [-0.2, -0.15) is 0 Å². The molecule has 0 bridgehead atoms. The maximum atomic E-state index is 11.6. The summed E-state index contributed by atoms with van der Waals surface area (Å²) in [5, 5.41) is 3.36. The van der Waals surface area contributed by atoms with Gasteiger partial charge in [0.15, 0.2) is 0 Å². The van der Waals surface area contributed by atoms with Crippen molar-refractivity contribution in [2.45, 2.75) is 25.9 Å². The Morgan fingerprint density at radius 3 is 2.67 bits per heavy atom. The molecule has 1 N–H and O–H groups in total. The highest BCUT2D eigenvalue weighted by molar-refractivity contribution is 5.80. The van der Waals surface area contributed by atoms with Gasteiger partial charge in [-0.05, 0) is 45.6 Å². The Hall–Kier alpha value is -1.55. The molecule has 0 saturated heterocycles. The van der Waals surface area contributed by atoms with Gasteiger partial charge in [0, 0.05) is 5.69 Å². The topological polar surface area (TPSA) is 41.6 Å². The van der Waals surface area contributed by atoms with Gasteiger partial charge < -0.3 is 10.1 Å². The zero-order chi connectivity index (χ0) is 13.7. The number of esters is 1. The molecule has 99 valence electrons. The zero-order valence-corrected chi connectivity index (χ0v) is 11.7. The highest BCUT2D eigenvalue weighted by Gasteiger charge is 2.19. The lowest BCUT2D eigenvalue weighted by Gasteiger charge is -2.24. The second kappa shape index (κ2) is 6.40. The molecule has 18 heavy (non-hydrogen) atoms. The zero-order valence-electron chi connectivity index (χ0n) is 11.7. The summed E-state index contributed by atoms with van der Waals surface area (Å²) in [4.78, 5) is 13.7. The number of hydrogen-bond donors (Lipinski definition) is 1. The molecule has 0 amide bonds. The number of benzene rings is 1. The molecule has 0 aliphatic carbocycles. The van der Waals surface area contributed by atoms with Crippen LogP contribution in [0.5, 0.6) is 0 Å². The number of methoxy groups -OCH3 is 1. The van der Waals surface area contributed by atoms with Crippen molar-refractivity contribution in [1.29, 1.82) is 0 Å². The molecule has 0 heterocycles. The fourth-order valence-electron chi connectivity index (χ4n) is 1.58. The van der Waals surface area contributed by atoms with Crippen LogP contribution in [-0.4, -0.2) is 38.2 Å². The van der Waals surface area contributed by atoms with Crippen molar-refractivity contribution in [3.05, 3.63) is 29.8 Å². The summed E-state index contributed by atoms with van der Waals surface area (Å²) >= 11 is 0. The first-order valence-corrected chi connectivity index (χ1v) is 5.98. The van der Waals surface area contributed by atoms with Crippen molar-refractivity contribution in [3.8, 4) is 0 Å². The van der Waals surface area contributed by atoms with E-state index in [-0.39, 0.29) is 18.1 Å². The van der Waals surface area contributed by atoms with E-state index in [0.717, 1.165) is 11.3 Å². The van der Waals surface area contributed by atoms with Crippen LogP contribution in [-0.2, 0) is 9.53 Å². The number of anilines is 1. The number of rotatable bonds is 5. The predicted molar refractivity (Wildman–Crippen MR) is 72.5 cm³/mol. The Balaban J connectivity index is 2.96. The van der Waals surface area contributed by atoms with E-state index in [1.807, 2.05) is 33.2 Å². The average molecular weight is 249 g/mol. The van der Waals surface area contributed by atoms with Gasteiger partial charge in [0.05, 0.1) is 19.2 Å². The van der Waals surface area contributed by atoms with Crippen molar-refractivity contribution < 1.29 is 9.53 Å². The van der Waals surface area contributed by atoms with E-state index in [0.29, 0.717) is 0 Å². The van der Waals surface area contributed by atoms with Crippen molar-refractivity contribution in [3.63, 3.8) is 0 Å². The molecule has 1 radical (unpaired) electrons. The van der Waals surface area contributed by atoms with Crippen LogP contribution >= 0.6 is 0 Å². The van der Waals surface area contributed by atoms with E-state index in [1.54, 1.807) is 6.07 Å². The number of hydrogen-bond acceptors (Lipinski definition) is 4. The third-order valence-corrected chi connectivity index (χ3v) is 3.01. The highest BCUT2D eigenvalue weighted by atomic mass is 16.5. The Labute approximate surface area is 109 Å². The lowest BCUT2D eigenvalue weighted by molar-refractivity contribution is -0.141. The molecule has 4 heteroatoms. The summed E-state index contributed by atoms with van der Waals surface area (Å²) in [6.45, 7) is 3.88. The van der Waals surface area contributed by atoms with Gasteiger partial charge in [-0.1, -0.05) is 12.1 Å². The highest BCUT2D eigenvalue weighted by Crippen LogP contribution is 2.25. The molecule has 2 atom stereocenters. The van der Waals surface area contributed by atoms with E-state index in [4.69, 9.17) is 4.74 Å². The van der Waals surface area contributed by atoms with Crippen molar-refractivity contribution in [2.24, 2.45) is 0 Å². The molecule has 0 saturated carbocycles. The Morgan fingerprint density at radius 2 is 2.11 bits per heavy atom. The molecule has 2 unspecified atom stereocenters. The molecular formula is C14H21N2O2. The van der Waals surface area contributed by atoms with Crippen LogP contribution in [0.25, 0.3) is 0 Å². The molecule has 0 aliphatic rings. The predicted octanol–water partition coefficient (Wildman–Crippen LogP) is 2.08. The first kappa shape index (κ1) is 14.5. The molecule has 1 rings (SSSR count). The van der Waals surface area contributed by atoms with Crippen LogP contribution < -0.4 is 5.32 Å². The fourth-order valence-corrected chi connectivity index (χ4v) is 1.58. The van der Waals surface area contributed by atoms with Crippen LogP contribution in [0.3, 0.4) is 0 Å². The number of carbonyl (C=O) groups excluding carboxylic acids is 1. The van der Waals surface area contributed by atoms with Gasteiger partial charge in [-0.3, -0.25) is 9.69 Å². The molecule has 0 aliphatic heterocycles. The third kappa shape index (κ3) is 3.47. The van der Waals surface area contributed by atoms with E-state index in [9.17, 15) is 4.79 Å². The summed E-state index contributed by atoms with van der Waals surface area (Å²) in [5.74, 6) is -0.578. The minimum absolute atomic E-state index is 0.171. The number of nitrogens with zero attached hydrogens (tertiary/aromatic N) is 1. The molecular weight excluding hydrogens is 228 g/mol. The van der Waals surface area contributed by atoms with Crippen molar-refractivity contribution in [2.75, 3.05) is 26.5 Å². The van der Waals surface area contributed by atoms with Crippen molar-refractivity contribution >= 4 is 11.7 Å². The maximum absolute atomic E-state index is 11.6. The van der Waals surface area contributed by atoms with Crippen LogP contribution in [0, 0.1) is 6.07 Å². The fraction of sp³-hybridized carbons (Fsp3) is 0.500. The second-order valence-electron chi connectivity index (χ2n) is 4.53. The lowest BCUT2D eigenvalue weighted by atomic mass is 9.99. The molecule has 1 aromatic rings. The maximum Gasteiger partial charge on any atom is 0.312 e. The van der Waals surface area contributed by atoms with E-state index in [2.05, 4.69) is 23.2 Å². The molecule has 4 nitrogen and oxygen atoms in total.